The fraction of sp³-hybridized carbons (Fsp3) is 0.421. The molecule has 0 bridgehead atoms. The van der Waals surface area contributed by atoms with Gasteiger partial charge in [-0.2, -0.15) is 5.26 Å². The van der Waals surface area contributed by atoms with Crippen molar-refractivity contribution in [2.24, 2.45) is 5.92 Å². The van der Waals surface area contributed by atoms with Gasteiger partial charge in [0.1, 0.15) is 5.54 Å². The van der Waals surface area contributed by atoms with Crippen LogP contribution in [-0.4, -0.2) is 36.4 Å². The summed E-state index contributed by atoms with van der Waals surface area (Å²) in [5, 5.41) is 21.0. The van der Waals surface area contributed by atoms with Crippen LogP contribution in [-0.2, 0) is 11.3 Å². The first-order valence-electron chi connectivity index (χ1n) is 8.66. The molecule has 1 N–H and O–H groups in total. The zero-order valence-electron chi connectivity index (χ0n) is 16.0. The summed E-state index contributed by atoms with van der Waals surface area (Å²) in [6.07, 6.45) is 5.15. The van der Waals surface area contributed by atoms with Crippen molar-refractivity contribution < 1.29 is 4.79 Å². The Morgan fingerprint density at radius 2 is 2.07 bits per heavy atom. The number of thioether (sulfide) groups is 1. The van der Waals surface area contributed by atoms with Crippen molar-refractivity contribution in [3.8, 4) is 17.5 Å². The molecule has 0 saturated carbocycles. The maximum Gasteiger partial charge on any atom is 0.234 e. The van der Waals surface area contributed by atoms with Gasteiger partial charge in [0.05, 0.1) is 11.3 Å². The normalized spacial score (nSPS) is 14.2. The number of allylic oxidation sites excluding steroid dienone is 1. The lowest BCUT2D eigenvalue weighted by Crippen LogP contribution is -2.51. The Kier molecular flexibility index (Phi) is 6.75. The molecule has 0 aliphatic carbocycles. The summed E-state index contributed by atoms with van der Waals surface area (Å²) in [7, 11) is 0. The number of amides is 1. The Hall–Kier alpha value is -2.66. The first kappa shape index (κ1) is 20.6. The van der Waals surface area contributed by atoms with E-state index in [1.54, 1.807) is 32.3 Å². The van der Waals surface area contributed by atoms with Crippen molar-refractivity contribution in [1.29, 1.82) is 5.26 Å². The van der Waals surface area contributed by atoms with Crippen LogP contribution in [0, 0.1) is 17.2 Å². The molecule has 0 aliphatic rings. The maximum absolute atomic E-state index is 12.6. The molecule has 2 rings (SSSR count). The molecule has 2 aromatic heterocycles. The summed E-state index contributed by atoms with van der Waals surface area (Å²) in [6.45, 7) is 11.6. The van der Waals surface area contributed by atoms with E-state index in [-0.39, 0.29) is 11.8 Å². The van der Waals surface area contributed by atoms with Crippen molar-refractivity contribution in [1.82, 2.24) is 25.1 Å². The molecular formula is C19H24N6OS. The number of hydrogen-bond acceptors (Lipinski definition) is 6. The minimum atomic E-state index is -0.914. The minimum absolute atomic E-state index is 0.00800. The van der Waals surface area contributed by atoms with Gasteiger partial charge in [0.25, 0.3) is 0 Å². The largest absolute Gasteiger partial charge is 0.337 e. The molecule has 142 valence electrons. The minimum Gasteiger partial charge on any atom is -0.337 e. The van der Waals surface area contributed by atoms with E-state index in [4.69, 9.17) is 0 Å². The lowest BCUT2D eigenvalue weighted by molar-refractivity contribution is -0.121. The summed E-state index contributed by atoms with van der Waals surface area (Å²) >= 11 is 1.30. The maximum atomic E-state index is 12.6. The van der Waals surface area contributed by atoms with Crippen LogP contribution in [0.25, 0.3) is 11.4 Å². The predicted molar refractivity (Wildman–Crippen MR) is 106 cm³/mol. The molecule has 2 atom stereocenters. The molecular weight excluding hydrogens is 360 g/mol. The van der Waals surface area contributed by atoms with Crippen LogP contribution in [0.15, 0.2) is 42.3 Å². The van der Waals surface area contributed by atoms with Gasteiger partial charge in [-0.25, -0.2) is 0 Å². The number of rotatable bonds is 8. The van der Waals surface area contributed by atoms with Gasteiger partial charge in [0.15, 0.2) is 11.0 Å². The third-order valence-corrected chi connectivity index (χ3v) is 5.47. The highest BCUT2D eigenvalue weighted by molar-refractivity contribution is 8.00. The number of carbonyl (C=O) groups is 1. The van der Waals surface area contributed by atoms with E-state index >= 15 is 0 Å². The highest BCUT2D eigenvalue weighted by Gasteiger charge is 2.32. The lowest BCUT2D eigenvalue weighted by atomic mass is 9.90. The monoisotopic (exact) mass is 384 g/mol. The molecule has 0 aromatic carbocycles. The predicted octanol–water partition coefficient (Wildman–Crippen LogP) is 3.06. The molecule has 0 unspecified atom stereocenters. The van der Waals surface area contributed by atoms with E-state index in [9.17, 15) is 10.1 Å². The molecule has 8 heteroatoms. The van der Waals surface area contributed by atoms with Crippen LogP contribution >= 0.6 is 11.8 Å². The third kappa shape index (κ3) is 4.74. The topological polar surface area (TPSA) is 96.5 Å². The number of carbonyl (C=O) groups excluding carboxylic acids is 1. The van der Waals surface area contributed by atoms with E-state index in [0.29, 0.717) is 17.5 Å². The third-order valence-electron chi connectivity index (χ3n) is 4.39. The number of nitrogens with zero attached hydrogens (tertiary/aromatic N) is 5. The average molecular weight is 385 g/mol. The highest BCUT2D eigenvalue weighted by atomic mass is 32.2. The summed E-state index contributed by atoms with van der Waals surface area (Å²) in [4.78, 5) is 16.6. The van der Waals surface area contributed by atoms with E-state index < -0.39 is 10.8 Å². The standard InChI is InChI=1S/C19H24N6OS/c1-6-11-25-16(15-7-9-21-10-8-15)23-24-18(25)27-14(4)17(26)22-19(5,12-20)13(2)3/h6-10,13-14H,1,11H2,2-5H3,(H,22,26)/t14-,19-/m0/s1. The molecule has 7 nitrogen and oxygen atoms in total. The first-order valence-corrected chi connectivity index (χ1v) is 9.54. The van der Waals surface area contributed by atoms with Crippen molar-refractivity contribution >= 4 is 17.7 Å². The quantitative estimate of drug-likeness (QED) is 0.555. The number of aromatic nitrogens is 4. The smallest absolute Gasteiger partial charge is 0.234 e. The second-order valence-corrected chi connectivity index (χ2v) is 7.97. The Bertz CT molecular complexity index is 842. The van der Waals surface area contributed by atoms with Gasteiger partial charge in [-0.15, -0.1) is 16.8 Å². The Balaban J connectivity index is 2.22. The molecule has 2 aromatic rings. The summed E-state index contributed by atoms with van der Waals surface area (Å²) in [5.74, 6) is 0.471. The molecule has 0 spiro atoms. The van der Waals surface area contributed by atoms with Crippen molar-refractivity contribution in [3.05, 3.63) is 37.2 Å². The van der Waals surface area contributed by atoms with E-state index in [2.05, 4.69) is 33.1 Å². The fourth-order valence-corrected chi connectivity index (χ4v) is 3.11. The fourth-order valence-electron chi connectivity index (χ4n) is 2.25. The first-order chi connectivity index (χ1) is 12.8. The summed E-state index contributed by atoms with van der Waals surface area (Å²) in [5.41, 5.74) is -0.0248. The van der Waals surface area contributed by atoms with E-state index in [1.807, 2.05) is 30.5 Å². The summed E-state index contributed by atoms with van der Waals surface area (Å²) < 4.78 is 1.91. The van der Waals surface area contributed by atoms with Gasteiger partial charge in [-0.3, -0.25) is 14.3 Å². The second-order valence-electron chi connectivity index (χ2n) is 6.66. The van der Waals surface area contributed by atoms with Crippen molar-refractivity contribution in [2.45, 2.75) is 50.2 Å². The van der Waals surface area contributed by atoms with Crippen LogP contribution in [0.1, 0.15) is 27.7 Å². The molecule has 0 radical (unpaired) electrons. The average Bonchev–Trinajstić information content (AvgIpc) is 3.04. The van der Waals surface area contributed by atoms with Gasteiger partial charge in [0, 0.05) is 24.5 Å². The Morgan fingerprint density at radius 3 is 2.63 bits per heavy atom. The molecule has 27 heavy (non-hydrogen) atoms. The van der Waals surface area contributed by atoms with Crippen LogP contribution in [0.2, 0.25) is 0 Å². The number of nitriles is 1. The molecule has 1 amide bonds. The van der Waals surface area contributed by atoms with Gasteiger partial charge < -0.3 is 5.32 Å². The molecule has 0 fully saturated rings. The zero-order chi connectivity index (χ0) is 20.0. The van der Waals surface area contributed by atoms with Gasteiger partial charge in [-0.05, 0) is 31.9 Å². The number of pyridine rings is 1. The van der Waals surface area contributed by atoms with Crippen LogP contribution < -0.4 is 5.32 Å². The van der Waals surface area contributed by atoms with Crippen LogP contribution in [0.3, 0.4) is 0 Å². The highest BCUT2D eigenvalue weighted by Crippen LogP contribution is 2.27. The molecule has 2 heterocycles. The second kappa shape index (κ2) is 8.82. The van der Waals surface area contributed by atoms with Gasteiger partial charge >= 0.3 is 0 Å². The van der Waals surface area contributed by atoms with Crippen molar-refractivity contribution in [3.63, 3.8) is 0 Å². The number of hydrogen-bond donors (Lipinski definition) is 1. The molecule has 0 saturated heterocycles. The van der Waals surface area contributed by atoms with Crippen molar-refractivity contribution in [2.75, 3.05) is 0 Å². The Morgan fingerprint density at radius 1 is 1.41 bits per heavy atom. The van der Waals surface area contributed by atoms with Crippen LogP contribution in [0.4, 0.5) is 0 Å². The van der Waals surface area contributed by atoms with Crippen LogP contribution in [0.5, 0.6) is 0 Å². The van der Waals surface area contributed by atoms with E-state index in [1.165, 1.54) is 11.8 Å². The molecule has 0 aliphatic heterocycles. The van der Waals surface area contributed by atoms with Gasteiger partial charge in [0.2, 0.25) is 5.91 Å². The lowest BCUT2D eigenvalue weighted by Gasteiger charge is -2.28. The zero-order valence-corrected chi connectivity index (χ0v) is 16.8. The van der Waals surface area contributed by atoms with E-state index in [0.717, 1.165) is 5.56 Å². The Labute approximate surface area is 163 Å². The number of nitrogens with one attached hydrogen (secondary N) is 1. The van der Waals surface area contributed by atoms with Gasteiger partial charge in [-0.1, -0.05) is 31.7 Å². The summed E-state index contributed by atoms with van der Waals surface area (Å²) in [6, 6.07) is 5.90. The SMILES string of the molecule is C=CCn1c(S[C@@H](C)C(=O)N[C@@](C)(C#N)C(C)C)nnc1-c1ccncc1.